The Morgan fingerprint density at radius 2 is 1.88 bits per heavy atom. The number of hydrogen-bond donors (Lipinski definition) is 1. The van der Waals surface area contributed by atoms with Crippen molar-refractivity contribution >= 4 is 15.7 Å². The standard InChI is InChI=1S/C11H18N2O2S/c1-11(2,12)9-6-5-7-10(8-9)13(3)16(4,14)15/h5-8H,12H2,1-4H3. The van der Waals surface area contributed by atoms with Crippen LogP contribution in [0, 0.1) is 0 Å². The van der Waals surface area contributed by atoms with Crippen LogP contribution < -0.4 is 10.0 Å². The molecule has 0 spiro atoms. The fourth-order valence-electron chi connectivity index (χ4n) is 1.29. The minimum Gasteiger partial charge on any atom is -0.322 e. The molecule has 0 aromatic heterocycles. The first-order valence-electron chi connectivity index (χ1n) is 4.96. The van der Waals surface area contributed by atoms with Crippen molar-refractivity contribution in [3.05, 3.63) is 29.8 Å². The summed E-state index contributed by atoms with van der Waals surface area (Å²) >= 11 is 0. The van der Waals surface area contributed by atoms with Crippen LogP contribution in [0.2, 0.25) is 0 Å². The lowest BCUT2D eigenvalue weighted by atomic mass is 9.95. The van der Waals surface area contributed by atoms with E-state index in [0.29, 0.717) is 5.69 Å². The molecule has 90 valence electrons. The van der Waals surface area contributed by atoms with Gasteiger partial charge in [-0.2, -0.15) is 0 Å². The average Bonchev–Trinajstić information content (AvgIpc) is 2.14. The van der Waals surface area contributed by atoms with Gasteiger partial charge in [0.15, 0.2) is 0 Å². The van der Waals surface area contributed by atoms with Crippen LogP contribution in [-0.4, -0.2) is 21.7 Å². The second kappa shape index (κ2) is 4.07. The van der Waals surface area contributed by atoms with Crippen molar-refractivity contribution < 1.29 is 8.42 Å². The van der Waals surface area contributed by atoms with Crippen molar-refractivity contribution in [1.82, 2.24) is 0 Å². The average molecular weight is 242 g/mol. The molecule has 0 unspecified atom stereocenters. The van der Waals surface area contributed by atoms with Gasteiger partial charge in [-0.3, -0.25) is 4.31 Å². The van der Waals surface area contributed by atoms with Crippen molar-refractivity contribution in [2.75, 3.05) is 17.6 Å². The lowest BCUT2D eigenvalue weighted by molar-refractivity contribution is 0.554. The van der Waals surface area contributed by atoms with Crippen molar-refractivity contribution in [2.24, 2.45) is 5.73 Å². The zero-order chi connectivity index (χ0) is 12.6. The summed E-state index contributed by atoms with van der Waals surface area (Å²) in [6.07, 6.45) is 1.17. The van der Waals surface area contributed by atoms with E-state index in [9.17, 15) is 8.42 Å². The molecule has 1 rings (SSSR count). The van der Waals surface area contributed by atoms with Crippen LogP contribution in [-0.2, 0) is 15.6 Å². The lowest BCUT2D eigenvalue weighted by Crippen LogP contribution is -2.30. The fourth-order valence-corrected chi connectivity index (χ4v) is 1.79. The summed E-state index contributed by atoms with van der Waals surface area (Å²) < 4.78 is 24.0. The Hall–Kier alpha value is -1.07. The normalized spacial score (nSPS) is 12.6. The highest BCUT2D eigenvalue weighted by atomic mass is 32.2. The Labute approximate surface area is 97.1 Å². The molecule has 0 aliphatic rings. The molecule has 16 heavy (non-hydrogen) atoms. The molecule has 1 aromatic carbocycles. The lowest BCUT2D eigenvalue weighted by Gasteiger charge is -2.22. The van der Waals surface area contributed by atoms with Crippen molar-refractivity contribution in [2.45, 2.75) is 19.4 Å². The summed E-state index contributed by atoms with van der Waals surface area (Å²) in [6, 6.07) is 7.23. The Morgan fingerprint density at radius 1 is 1.31 bits per heavy atom. The third kappa shape index (κ3) is 2.96. The van der Waals surface area contributed by atoms with Gasteiger partial charge >= 0.3 is 0 Å². The number of rotatable bonds is 3. The number of nitrogens with zero attached hydrogens (tertiary/aromatic N) is 1. The van der Waals surface area contributed by atoms with Crippen LogP contribution >= 0.6 is 0 Å². The summed E-state index contributed by atoms with van der Waals surface area (Å²) in [6.45, 7) is 3.76. The highest BCUT2D eigenvalue weighted by Gasteiger charge is 2.17. The predicted octanol–water partition coefficient (Wildman–Crippen LogP) is 1.28. The molecule has 0 amide bonds. The van der Waals surface area contributed by atoms with Gasteiger partial charge in [0.2, 0.25) is 10.0 Å². The first-order valence-corrected chi connectivity index (χ1v) is 6.80. The number of anilines is 1. The second-order valence-corrected chi connectivity index (χ2v) is 6.52. The van der Waals surface area contributed by atoms with E-state index in [-0.39, 0.29) is 0 Å². The molecule has 0 saturated heterocycles. The van der Waals surface area contributed by atoms with E-state index in [1.165, 1.54) is 17.6 Å². The minimum atomic E-state index is -3.23. The molecule has 0 aliphatic heterocycles. The largest absolute Gasteiger partial charge is 0.322 e. The van der Waals surface area contributed by atoms with E-state index in [4.69, 9.17) is 5.73 Å². The molecule has 0 atom stereocenters. The van der Waals surface area contributed by atoms with Crippen LogP contribution in [0.15, 0.2) is 24.3 Å². The Morgan fingerprint density at radius 3 is 2.31 bits per heavy atom. The van der Waals surface area contributed by atoms with Gasteiger partial charge in [0.05, 0.1) is 11.9 Å². The predicted molar refractivity (Wildman–Crippen MR) is 66.9 cm³/mol. The van der Waals surface area contributed by atoms with Crippen LogP contribution in [0.3, 0.4) is 0 Å². The third-order valence-corrected chi connectivity index (χ3v) is 3.66. The fraction of sp³-hybridized carbons (Fsp3) is 0.455. The first kappa shape index (κ1) is 13.0. The Balaban J connectivity index is 3.19. The topological polar surface area (TPSA) is 63.4 Å². The van der Waals surface area contributed by atoms with Crippen LogP contribution in [0.5, 0.6) is 0 Å². The molecule has 1 aromatic rings. The number of benzene rings is 1. The van der Waals surface area contributed by atoms with Gasteiger partial charge in [-0.25, -0.2) is 8.42 Å². The molecule has 0 fully saturated rings. The van der Waals surface area contributed by atoms with Crippen LogP contribution in [0.4, 0.5) is 5.69 Å². The molecule has 5 heteroatoms. The van der Waals surface area contributed by atoms with Gasteiger partial charge in [0.1, 0.15) is 0 Å². The van der Waals surface area contributed by atoms with E-state index >= 15 is 0 Å². The quantitative estimate of drug-likeness (QED) is 0.868. The Bertz CT molecular complexity index is 475. The molecule has 0 bridgehead atoms. The molecule has 4 nitrogen and oxygen atoms in total. The third-order valence-electron chi connectivity index (χ3n) is 2.45. The second-order valence-electron chi connectivity index (χ2n) is 4.50. The van der Waals surface area contributed by atoms with Gasteiger partial charge in [-0.15, -0.1) is 0 Å². The van der Waals surface area contributed by atoms with Gasteiger partial charge in [0.25, 0.3) is 0 Å². The Kier molecular flexibility index (Phi) is 3.30. The summed E-state index contributed by atoms with van der Waals surface area (Å²) in [7, 11) is -1.70. The number of nitrogens with two attached hydrogens (primary N) is 1. The zero-order valence-corrected chi connectivity index (χ0v) is 10.9. The van der Waals surface area contributed by atoms with E-state index in [0.717, 1.165) is 5.56 Å². The monoisotopic (exact) mass is 242 g/mol. The summed E-state index contributed by atoms with van der Waals surface area (Å²) in [5.41, 5.74) is 7.02. The first-order chi connectivity index (χ1) is 7.12. The maximum absolute atomic E-state index is 11.4. The summed E-state index contributed by atoms with van der Waals surface area (Å²) in [4.78, 5) is 0. The molecule has 2 N–H and O–H groups in total. The summed E-state index contributed by atoms with van der Waals surface area (Å²) in [5, 5.41) is 0. The van der Waals surface area contributed by atoms with E-state index in [1.54, 1.807) is 18.2 Å². The SMILES string of the molecule is CN(c1cccc(C(C)(C)N)c1)S(C)(=O)=O. The molecular weight excluding hydrogens is 224 g/mol. The maximum atomic E-state index is 11.4. The van der Waals surface area contributed by atoms with E-state index in [2.05, 4.69) is 0 Å². The van der Waals surface area contributed by atoms with Gasteiger partial charge < -0.3 is 5.73 Å². The minimum absolute atomic E-state index is 0.478. The smallest absolute Gasteiger partial charge is 0.231 e. The van der Waals surface area contributed by atoms with E-state index < -0.39 is 15.6 Å². The van der Waals surface area contributed by atoms with Crippen molar-refractivity contribution in [3.63, 3.8) is 0 Å². The highest BCUT2D eigenvalue weighted by Crippen LogP contribution is 2.23. The molecule has 0 aliphatic carbocycles. The zero-order valence-electron chi connectivity index (χ0n) is 10.1. The van der Waals surface area contributed by atoms with Crippen molar-refractivity contribution in [1.29, 1.82) is 0 Å². The van der Waals surface area contributed by atoms with Gasteiger partial charge in [-0.1, -0.05) is 12.1 Å². The molecule has 0 saturated carbocycles. The summed E-state index contributed by atoms with van der Waals surface area (Å²) in [5.74, 6) is 0. The van der Waals surface area contributed by atoms with Gasteiger partial charge in [0, 0.05) is 12.6 Å². The van der Waals surface area contributed by atoms with E-state index in [1.807, 2.05) is 19.9 Å². The van der Waals surface area contributed by atoms with Crippen LogP contribution in [0.25, 0.3) is 0 Å². The highest BCUT2D eigenvalue weighted by molar-refractivity contribution is 7.92. The molecule has 0 heterocycles. The van der Waals surface area contributed by atoms with Crippen molar-refractivity contribution in [3.8, 4) is 0 Å². The molecule has 0 radical (unpaired) electrons. The number of hydrogen-bond acceptors (Lipinski definition) is 3. The van der Waals surface area contributed by atoms with Gasteiger partial charge in [-0.05, 0) is 31.5 Å². The maximum Gasteiger partial charge on any atom is 0.231 e. The number of sulfonamides is 1. The van der Waals surface area contributed by atoms with Crippen LogP contribution in [0.1, 0.15) is 19.4 Å². The molecular formula is C11H18N2O2S.